The quantitative estimate of drug-likeness (QED) is 0.0584. The van der Waals surface area contributed by atoms with Gasteiger partial charge in [0.25, 0.3) is 27.8 Å². The van der Waals surface area contributed by atoms with Crippen LogP contribution in [0, 0.1) is 0 Å². The van der Waals surface area contributed by atoms with Gasteiger partial charge in [0.1, 0.15) is 33.5 Å². The Hall–Kier alpha value is -6.12. The van der Waals surface area contributed by atoms with Crippen LogP contribution in [-0.2, 0) is 26.7 Å². The molecule has 20 heteroatoms. The maximum absolute atomic E-state index is 14.0. The molecule has 17 nitrogen and oxygen atoms in total. The largest absolute Gasteiger partial charge is 0.505 e. The summed E-state index contributed by atoms with van der Waals surface area (Å²) in [5.41, 5.74) is -0.958. The number of hydrogen-bond acceptors (Lipinski definition) is 13. The van der Waals surface area contributed by atoms with Gasteiger partial charge < -0.3 is 24.6 Å². The SMILES string of the molecule is CCN(CC)S(=O)(=O)c1ccc(OC)c(N=Nc2c(O)c(C(=O)Nc3cc(Cl)c(OC)cc3OC)cc3c(S(=O)(=O)O)cc(CN4C(=O)c5ccccc5C4=O)cc23)c1. The van der Waals surface area contributed by atoms with Gasteiger partial charge in [-0.1, -0.05) is 37.6 Å². The summed E-state index contributed by atoms with van der Waals surface area (Å²) in [5, 5.41) is 22.4. The lowest BCUT2D eigenvalue weighted by Crippen LogP contribution is -2.30. The van der Waals surface area contributed by atoms with Crippen LogP contribution in [0.1, 0.15) is 50.5 Å². The van der Waals surface area contributed by atoms with Crippen molar-refractivity contribution >= 4 is 77.3 Å². The van der Waals surface area contributed by atoms with Crippen molar-refractivity contribution in [3.8, 4) is 23.0 Å². The van der Waals surface area contributed by atoms with Gasteiger partial charge >= 0.3 is 0 Å². The van der Waals surface area contributed by atoms with Gasteiger partial charge in [-0.05, 0) is 60.2 Å². The van der Waals surface area contributed by atoms with Gasteiger partial charge in [0, 0.05) is 29.9 Å². The number of rotatable bonds is 14. The van der Waals surface area contributed by atoms with Crippen LogP contribution in [0.3, 0.4) is 0 Å². The summed E-state index contributed by atoms with van der Waals surface area (Å²) in [5.74, 6) is -2.81. The van der Waals surface area contributed by atoms with Gasteiger partial charge in [-0.15, -0.1) is 10.2 Å². The number of ether oxygens (including phenoxy) is 3. The molecule has 5 aromatic carbocycles. The number of phenols is 1. The zero-order valence-corrected chi connectivity index (χ0v) is 34.4. The van der Waals surface area contributed by atoms with Crippen molar-refractivity contribution < 1.29 is 55.1 Å². The van der Waals surface area contributed by atoms with E-state index >= 15 is 0 Å². The lowest BCUT2D eigenvalue weighted by molar-refractivity contribution is 0.0642. The molecule has 0 atom stereocenters. The van der Waals surface area contributed by atoms with Gasteiger partial charge in [0.05, 0.1) is 60.2 Å². The molecule has 0 bridgehead atoms. The third kappa shape index (κ3) is 8.02. The van der Waals surface area contributed by atoms with Crippen molar-refractivity contribution in [2.45, 2.75) is 30.2 Å². The highest BCUT2D eigenvalue weighted by Gasteiger charge is 2.36. The van der Waals surface area contributed by atoms with Crippen LogP contribution in [0.25, 0.3) is 10.8 Å². The third-order valence-electron chi connectivity index (χ3n) is 9.44. The van der Waals surface area contributed by atoms with E-state index in [0.717, 1.165) is 17.0 Å². The van der Waals surface area contributed by atoms with E-state index in [1.54, 1.807) is 26.0 Å². The molecule has 0 unspecified atom stereocenters. The number of carbonyl (C=O) groups is 3. The molecule has 3 N–H and O–H groups in total. The Kier molecular flexibility index (Phi) is 12.0. The Morgan fingerprint density at radius 1 is 0.814 bits per heavy atom. The molecule has 0 radical (unpaired) electrons. The minimum Gasteiger partial charge on any atom is -0.505 e. The number of aromatic hydroxyl groups is 1. The number of anilines is 1. The van der Waals surface area contributed by atoms with Crippen molar-refractivity contribution in [3.63, 3.8) is 0 Å². The van der Waals surface area contributed by atoms with Crippen molar-refractivity contribution in [2.75, 3.05) is 39.7 Å². The van der Waals surface area contributed by atoms with E-state index in [1.807, 2.05) is 0 Å². The molecule has 0 saturated carbocycles. The van der Waals surface area contributed by atoms with E-state index in [1.165, 1.54) is 74.2 Å². The zero-order chi connectivity index (χ0) is 43.0. The molecule has 0 aromatic heterocycles. The van der Waals surface area contributed by atoms with Crippen molar-refractivity contribution in [1.29, 1.82) is 0 Å². The Morgan fingerprint density at radius 3 is 2.02 bits per heavy atom. The van der Waals surface area contributed by atoms with Crippen LogP contribution < -0.4 is 19.5 Å². The Balaban J connectivity index is 1.58. The molecule has 1 heterocycles. The number of sulfonamides is 1. The van der Waals surface area contributed by atoms with Crippen LogP contribution in [-0.4, -0.2) is 87.8 Å². The molecule has 3 amide bonds. The number of benzene rings is 5. The predicted molar refractivity (Wildman–Crippen MR) is 216 cm³/mol. The van der Waals surface area contributed by atoms with Gasteiger partial charge in [0.15, 0.2) is 5.75 Å². The van der Waals surface area contributed by atoms with Gasteiger partial charge in [-0.25, -0.2) is 8.42 Å². The molecule has 308 valence electrons. The average molecular weight is 866 g/mol. The summed E-state index contributed by atoms with van der Waals surface area (Å²) in [6, 6.07) is 15.9. The Bertz CT molecular complexity index is 2780. The van der Waals surface area contributed by atoms with Gasteiger partial charge in [0.2, 0.25) is 10.0 Å². The highest BCUT2D eigenvalue weighted by Crippen LogP contribution is 2.44. The second-order valence-corrected chi connectivity index (χ2v) is 16.5. The standard InChI is InChI=1S/C39H36ClN5O12S2/c1-6-44(7-2)58(50,51)22-12-13-31(55-3)30(16-22)42-43-35-26-14-21(20-45-38(48)23-10-8-9-11-24(23)39(45)49)15-34(59(52,53)54)25(26)17-27(36(35)46)37(47)41-29-18-28(40)32(56-4)19-33(29)57-5/h8-19,46H,6-7,20H2,1-5H3,(H,41,47)(H,52,53,54). The van der Waals surface area contributed by atoms with Crippen molar-refractivity contribution in [1.82, 2.24) is 9.21 Å². The van der Waals surface area contributed by atoms with E-state index in [2.05, 4.69) is 15.5 Å². The van der Waals surface area contributed by atoms with E-state index in [-0.39, 0.29) is 79.1 Å². The minimum absolute atomic E-state index is 0.00446. The van der Waals surface area contributed by atoms with E-state index in [4.69, 9.17) is 25.8 Å². The van der Waals surface area contributed by atoms with Crippen LogP contribution >= 0.6 is 11.6 Å². The number of phenolic OH excluding ortho intramolecular Hbond substituents is 1. The second-order valence-electron chi connectivity index (χ2n) is 12.8. The number of carbonyl (C=O) groups excluding carboxylic acids is 3. The summed E-state index contributed by atoms with van der Waals surface area (Å²) in [6.45, 7) is 3.20. The highest BCUT2D eigenvalue weighted by molar-refractivity contribution is 7.89. The summed E-state index contributed by atoms with van der Waals surface area (Å²) < 4.78 is 80.7. The first-order chi connectivity index (χ1) is 28.0. The molecule has 5 aromatic rings. The highest BCUT2D eigenvalue weighted by atomic mass is 35.5. The number of nitrogens with one attached hydrogen (secondary N) is 1. The smallest absolute Gasteiger partial charge is 0.295 e. The van der Waals surface area contributed by atoms with Crippen LogP contribution in [0.15, 0.2) is 92.8 Å². The first-order valence-corrected chi connectivity index (χ1v) is 20.8. The number of amides is 3. The average Bonchev–Trinajstić information content (AvgIpc) is 3.44. The van der Waals surface area contributed by atoms with Crippen molar-refractivity contribution in [2.24, 2.45) is 10.2 Å². The molecule has 0 spiro atoms. The van der Waals surface area contributed by atoms with Gasteiger partial charge in [-0.2, -0.15) is 12.7 Å². The summed E-state index contributed by atoms with van der Waals surface area (Å²) >= 11 is 6.31. The molecule has 0 fully saturated rings. The molecular formula is C39H36ClN5O12S2. The molecule has 1 aliphatic heterocycles. The Morgan fingerprint density at radius 2 is 1.44 bits per heavy atom. The minimum atomic E-state index is -5.15. The fraction of sp³-hybridized carbons (Fsp3) is 0.205. The van der Waals surface area contributed by atoms with Crippen LogP contribution in [0.4, 0.5) is 17.1 Å². The zero-order valence-electron chi connectivity index (χ0n) is 32.0. The topological polar surface area (TPSA) is 231 Å². The number of fused-ring (bicyclic) bond motifs is 2. The second kappa shape index (κ2) is 16.6. The lowest BCUT2D eigenvalue weighted by atomic mass is 10.00. The number of azo groups is 1. The summed E-state index contributed by atoms with van der Waals surface area (Å²) in [7, 11) is -5.17. The normalized spacial score (nSPS) is 13.1. The first-order valence-electron chi connectivity index (χ1n) is 17.6. The fourth-order valence-electron chi connectivity index (χ4n) is 6.51. The van der Waals surface area contributed by atoms with Crippen LogP contribution in [0.5, 0.6) is 23.0 Å². The molecule has 0 aliphatic carbocycles. The third-order valence-corrected chi connectivity index (χ3v) is 12.7. The van der Waals surface area contributed by atoms with E-state index < -0.39 is 66.3 Å². The maximum Gasteiger partial charge on any atom is 0.295 e. The van der Waals surface area contributed by atoms with Crippen LogP contribution in [0.2, 0.25) is 5.02 Å². The van der Waals surface area contributed by atoms with Crippen molar-refractivity contribution in [3.05, 3.63) is 100 Å². The number of methoxy groups -OCH3 is 3. The molecule has 1 aliphatic rings. The lowest BCUT2D eigenvalue weighted by Gasteiger charge is -2.19. The van der Waals surface area contributed by atoms with E-state index in [9.17, 15) is 40.9 Å². The Labute approximate surface area is 343 Å². The monoisotopic (exact) mass is 865 g/mol. The predicted octanol–water partition coefficient (Wildman–Crippen LogP) is 6.97. The number of imide groups is 1. The van der Waals surface area contributed by atoms with Gasteiger partial charge in [-0.3, -0.25) is 23.8 Å². The van der Waals surface area contributed by atoms with E-state index in [0.29, 0.717) is 0 Å². The first kappa shape index (κ1) is 42.5. The molecular weight excluding hydrogens is 830 g/mol. The maximum atomic E-state index is 14.0. The number of nitrogens with zero attached hydrogens (tertiary/aromatic N) is 4. The molecule has 59 heavy (non-hydrogen) atoms. The summed E-state index contributed by atoms with van der Waals surface area (Å²) in [4.78, 5) is 40.5. The molecule has 0 saturated heterocycles. The fourth-order valence-corrected chi connectivity index (χ4v) is 8.98. The summed E-state index contributed by atoms with van der Waals surface area (Å²) in [6.07, 6.45) is 0. The number of hydrogen-bond donors (Lipinski definition) is 3. The molecule has 6 rings (SSSR count). The number of halogens is 1.